The largest absolute Gasteiger partial charge is 0.491 e. The van der Waals surface area contributed by atoms with Gasteiger partial charge in [-0.25, -0.2) is 0 Å². The number of nitrogens with one attached hydrogen (secondary N) is 1. The van der Waals surface area contributed by atoms with E-state index < -0.39 is 0 Å². The molecule has 1 fully saturated rings. The molecule has 0 bridgehead atoms. The molecule has 0 radical (unpaired) electrons. The molecule has 1 aromatic rings. The lowest BCUT2D eigenvalue weighted by Crippen LogP contribution is -2.28. The smallest absolute Gasteiger partial charge is 0.257 e. The highest BCUT2D eigenvalue weighted by atomic mass is 16.5. The molecule has 0 atom stereocenters. The van der Waals surface area contributed by atoms with Crippen LogP contribution >= 0.6 is 0 Å². The van der Waals surface area contributed by atoms with Crippen LogP contribution in [0.5, 0.6) is 5.75 Å². The molecular formula is C15H22N2O2. The second-order valence-corrected chi connectivity index (χ2v) is 4.70. The van der Waals surface area contributed by atoms with Gasteiger partial charge in [0.05, 0.1) is 5.56 Å². The maximum absolute atomic E-state index is 12.4. The summed E-state index contributed by atoms with van der Waals surface area (Å²) in [5, 5.41) is 3.20. The molecule has 4 heteroatoms. The van der Waals surface area contributed by atoms with Crippen LogP contribution in [0.15, 0.2) is 24.3 Å². The zero-order chi connectivity index (χ0) is 13.5. The summed E-state index contributed by atoms with van der Waals surface area (Å²) in [6.45, 7) is 6.10. The molecule has 1 saturated heterocycles. The zero-order valence-corrected chi connectivity index (χ0v) is 11.5. The standard InChI is InChI=1S/C15H22N2O2/c1-2-16-9-12-19-14-8-4-3-7-13(14)15(18)17-10-5-6-11-17/h3-4,7-8,16H,2,5-6,9-12H2,1H3. The van der Waals surface area contributed by atoms with E-state index in [4.69, 9.17) is 4.74 Å². The van der Waals surface area contributed by atoms with Crippen molar-refractivity contribution in [2.45, 2.75) is 19.8 Å². The Morgan fingerprint density at radius 3 is 2.79 bits per heavy atom. The van der Waals surface area contributed by atoms with Crippen LogP contribution in [0.4, 0.5) is 0 Å². The number of likely N-dealkylation sites (tertiary alicyclic amines) is 1. The van der Waals surface area contributed by atoms with Crippen LogP contribution in [-0.2, 0) is 0 Å². The summed E-state index contributed by atoms with van der Waals surface area (Å²) in [5.74, 6) is 0.786. The number of ether oxygens (including phenoxy) is 1. The van der Waals surface area contributed by atoms with Crippen LogP contribution in [0.3, 0.4) is 0 Å². The monoisotopic (exact) mass is 262 g/mol. The van der Waals surface area contributed by atoms with Crippen LogP contribution in [0.1, 0.15) is 30.1 Å². The van der Waals surface area contributed by atoms with Gasteiger partial charge < -0.3 is 15.0 Å². The summed E-state index contributed by atoms with van der Waals surface area (Å²) in [4.78, 5) is 14.3. The van der Waals surface area contributed by atoms with Crippen molar-refractivity contribution in [2.75, 3.05) is 32.8 Å². The predicted octanol–water partition coefficient (Wildman–Crippen LogP) is 1.91. The fourth-order valence-electron chi connectivity index (χ4n) is 2.27. The molecule has 1 aliphatic heterocycles. The number of rotatable bonds is 6. The average molecular weight is 262 g/mol. The summed E-state index contributed by atoms with van der Waals surface area (Å²) in [5.41, 5.74) is 0.681. The number of benzene rings is 1. The number of nitrogens with zero attached hydrogens (tertiary/aromatic N) is 1. The van der Waals surface area contributed by atoms with Crippen molar-refractivity contribution >= 4 is 5.91 Å². The van der Waals surface area contributed by atoms with E-state index in [1.165, 1.54) is 0 Å². The molecule has 2 rings (SSSR count). The molecule has 1 N–H and O–H groups in total. The van der Waals surface area contributed by atoms with Gasteiger partial charge in [-0.3, -0.25) is 4.79 Å². The zero-order valence-electron chi connectivity index (χ0n) is 11.5. The van der Waals surface area contributed by atoms with Crippen molar-refractivity contribution in [3.05, 3.63) is 29.8 Å². The highest BCUT2D eigenvalue weighted by molar-refractivity contribution is 5.97. The number of carbonyl (C=O) groups excluding carboxylic acids is 1. The molecule has 1 aromatic carbocycles. The molecule has 0 aromatic heterocycles. The Morgan fingerprint density at radius 1 is 1.32 bits per heavy atom. The first-order valence-electron chi connectivity index (χ1n) is 7.04. The number of hydrogen-bond acceptors (Lipinski definition) is 3. The molecule has 0 aliphatic carbocycles. The lowest BCUT2D eigenvalue weighted by Gasteiger charge is -2.17. The van der Waals surface area contributed by atoms with Gasteiger partial charge in [-0.15, -0.1) is 0 Å². The van der Waals surface area contributed by atoms with Crippen molar-refractivity contribution in [3.8, 4) is 5.75 Å². The van der Waals surface area contributed by atoms with Gasteiger partial charge in [-0.05, 0) is 31.5 Å². The second kappa shape index (κ2) is 7.14. The maximum atomic E-state index is 12.4. The molecule has 1 amide bonds. The molecule has 1 aliphatic rings. The molecule has 1 heterocycles. The molecule has 4 nitrogen and oxygen atoms in total. The highest BCUT2D eigenvalue weighted by Crippen LogP contribution is 2.21. The van der Waals surface area contributed by atoms with E-state index in [2.05, 4.69) is 12.2 Å². The van der Waals surface area contributed by atoms with Gasteiger partial charge in [0.2, 0.25) is 0 Å². The lowest BCUT2D eigenvalue weighted by atomic mass is 10.2. The van der Waals surface area contributed by atoms with Gasteiger partial charge >= 0.3 is 0 Å². The number of carbonyl (C=O) groups is 1. The molecule has 0 saturated carbocycles. The van der Waals surface area contributed by atoms with E-state index in [9.17, 15) is 4.79 Å². The minimum absolute atomic E-state index is 0.0940. The van der Waals surface area contributed by atoms with Crippen LogP contribution < -0.4 is 10.1 Å². The predicted molar refractivity (Wildman–Crippen MR) is 75.6 cm³/mol. The summed E-state index contributed by atoms with van der Waals surface area (Å²) in [6.07, 6.45) is 2.21. The third-order valence-electron chi connectivity index (χ3n) is 3.30. The van der Waals surface area contributed by atoms with Gasteiger partial charge in [0.25, 0.3) is 5.91 Å². The molecule has 104 valence electrons. The molecule has 0 spiro atoms. The van der Waals surface area contributed by atoms with Crippen molar-refractivity contribution in [3.63, 3.8) is 0 Å². The summed E-state index contributed by atoms with van der Waals surface area (Å²) in [7, 11) is 0. The quantitative estimate of drug-likeness (QED) is 0.796. The second-order valence-electron chi connectivity index (χ2n) is 4.70. The van der Waals surface area contributed by atoms with Crippen molar-refractivity contribution < 1.29 is 9.53 Å². The van der Waals surface area contributed by atoms with Gasteiger partial charge in [0.15, 0.2) is 0 Å². The highest BCUT2D eigenvalue weighted by Gasteiger charge is 2.22. The SMILES string of the molecule is CCNCCOc1ccccc1C(=O)N1CCCC1. The van der Waals surface area contributed by atoms with E-state index >= 15 is 0 Å². The van der Waals surface area contributed by atoms with Crippen LogP contribution in [0, 0.1) is 0 Å². The van der Waals surface area contributed by atoms with E-state index in [0.29, 0.717) is 17.9 Å². The maximum Gasteiger partial charge on any atom is 0.257 e. The number of likely N-dealkylation sites (N-methyl/N-ethyl adjacent to an activating group) is 1. The number of amides is 1. The van der Waals surface area contributed by atoms with Gasteiger partial charge in [0, 0.05) is 19.6 Å². The normalized spacial score (nSPS) is 14.7. The molecule has 0 unspecified atom stereocenters. The van der Waals surface area contributed by atoms with Crippen LogP contribution in [-0.4, -0.2) is 43.6 Å². The van der Waals surface area contributed by atoms with Crippen molar-refractivity contribution in [2.24, 2.45) is 0 Å². The van der Waals surface area contributed by atoms with Crippen LogP contribution in [0.2, 0.25) is 0 Å². The Morgan fingerprint density at radius 2 is 2.05 bits per heavy atom. The molecular weight excluding hydrogens is 240 g/mol. The van der Waals surface area contributed by atoms with Gasteiger partial charge in [0.1, 0.15) is 12.4 Å². The number of hydrogen-bond donors (Lipinski definition) is 1. The van der Waals surface area contributed by atoms with Crippen molar-refractivity contribution in [1.82, 2.24) is 10.2 Å². The first kappa shape index (κ1) is 13.9. The van der Waals surface area contributed by atoms with E-state index in [0.717, 1.165) is 39.0 Å². The Bertz CT molecular complexity index is 414. The first-order valence-corrected chi connectivity index (χ1v) is 7.04. The van der Waals surface area contributed by atoms with E-state index in [-0.39, 0.29) is 5.91 Å². The first-order chi connectivity index (χ1) is 9.33. The topological polar surface area (TPSA) is 41.6 Å². The summed E-state index contributed by atoms with van der Waals surface area (Å²) >= 11 is 0. The Hall–Kier alpha value is -1.55. The minimum Gasteiger partial charge on any atom is -0.491 e. The average Bonchev–Trinajstić information content (AvgIpc) is 2.97. The number of para-hydroxylation sites is 1. The van der Waals surface area contributed by atoms with Gasteiger partial charge in [-0.2, -0.15) is 0 Å². The fourth-order valence-corrected chi connectivity index (χ4v) is 2.27. The van der Waals surface area contributed by atoms with Crippen molar-refractivity contribution in [1.29, 1.82) is 0 Å². The van der Waals surface area contributed by atoms with Crippen LogP contribution in [0.25, 0.3) is 0 Å². The summed E-state index contributed by atoms with van der Waals surface area (Å²) < 4.78 is 5.71. The Kier molecular flexibility index (Phi) is 5.21. The van der Waals surface area contributed by atoms with E-state index in [1.807, 2.05) is 29.2 Å². The third kappa shape index (κ3) is 3.70. The summed E-state index contributed by atoms with van der Waals surface area (Å²) in [6, 6.07) is 7.52. The lowest BCUT2D eigenvalue weighted by molar-refractivity contribution is 0.0788. The molecule has 19 heavy (non-hydrogen) atoms. The Balaban J connectivity index is 2.00. The Labute approximate surface area is 114 Å². The van der Waals surface area contributed by atoms with E-state index in [1.54, 1.807) is 0 Å². The van der Waals surface area contributed by atoms with Gasteiger partial charge in [-0.1, -0.05) is 19.1 Å². The minimum atomic E-state index is 0.0940. The fraction of sp³-hybridized carbons (Fsp3) is 0.533. The third-order valence-corrected chi connectivity index (χ3v) is 3.30.